The van der Waals surface area contributed by atoms with Gasteiger partial charge in [-0.2, -0.15) is 0 Å². The van der Waals surface area contributed by atoms with E-state index in [1.54, 1.807) is 0 Å². The van der Waals surface area contributed by atoms with E-state index in [2.05, 4.69) is 31.9 Å². The summed E-state index contributed by atoms with van der Waals surface area (Å²) in [4.78, 5) is 0. The Kier molecular flexibility index (Phi) is 4.30. The molecule has 0 aliphatic heterocycles. The van der Waals surface area contributed by atoms with E-state index in [0.717, 1.165) is 6.42 Å². The van der Waals surface area contributed by atoms with Crippen molar-refractivity contribution >= 4 is 31.9 Å². The van der Waals surface area contributed by atoms with E-state index in [1.165, 1.54) is 0 Å². The van der Waals surface area contributed by atoms with Gasteiger partial charge in [-0.1, -0.05) is 38.8 Å². The molecule has 0 aliphatic carbocycles. The van der Waals surface area contributed by atoms with Crippen LogP contribution < -0.4 is 0 Å². The summed E-state index contributed by atoms with van der Waals surface area (Å²) in [5.41, 5.74) is -0.542. The fourth-order valence-electron chi connectivity index (χ4n) is 0.225. The maximum atomic E-state index is 9.34. The van der Waals surface area contributed by atoms with Crippen LogP contribution in [0.5, 0.6) is 0 Å². The summed E-state index contributed by atoms with van der Waals surface area (Å²) in [5, 5.41) is 10.6. The van der Waals surface area contributed by atoms with Crippen LogP contribution in [0.25, 0.3) is 0 Å². The summed E-state index contributed by atoms with van der Waals surface area (Å²) < 4.78 is 0. The molecule has 0 spiro atoms. The van der Waals surface area contributed by atoms with E-state index in [1.807, 2.05) is 6.92 Å². The molecule has 0 saturated carbocycles. The van der Waals surface area contributed by atoms with Crippen molar-refractivity contribution < 1.29 is 5.11 Å². The molecule has 0 aromatic heterocycles. The summed E-state index contributed by atoms with van der Waals surface area (Å²) in [6.07, 6.45) is 0.781. The second-order valence-electron chi connectivity index (χ2n) is 1.85. The van der Waals surface area contributed by atoms with Gasteiger partial charge in [0.25, 0.3) is 0 Å². The normalized spacial score (nSPS) is 12.0. The molecule has 0 aromatic carbocycles. The average molecular weight is 246 g/mol. The molecule has 8 heavy (non-hydrogen) atoms. The van der Waals surface area contributed by atoms with Crippen LogP contribution in [0.1, 0.15) is 13.3 Å². The highest BCUT2D eigenvalue weighted by Crippen LogP contribution is 2.15. The number of aliphatic hydroxyl groups is 1. The molecule has 0 unspecified atom stereocenters. The van der Waals surface area contributed by atoms with Gasteiger partial charge in [0.1, 0.15) is 0 Å². The van der Waals surface area contributed by atoms with Crippen molar-refractivity contribution in [1.29, 1.82) is 0 Å². The third-order valence-corrected chi connectivity index (χ3v) is 3.24. The van der Waals surface area contributed by atoms with Crippen LogP contribution in [0.4, 0.5) is 0 Å². The van der Waals surface area contributed by atoms with Crippen molar-refractivity contribution in [2.75, 3.05) is 10.7 Å². The van der Waals surface area contributed by atoms with Gasteiger partial charge in [0.15, 0.2) is 0 Å². The summed E-state index contributed by atoms with van der Waals surface area (Å²) in [6, 6.07) is 0. The second-order valence-corrected chi connectivity index (χ2v) is 2.97. The van der Waals surface area contributed by atoms with Gasteiger partial charge < -0.3 is 5.11 Å². The maximum absolute atomic E-state index is 9.34. The Hall–Kier alpha value is 0.920. The standard InChI is InChI=1S/C5H10Br2O/c1-2-5(8,3-6)4-7/h8H,2-4H2,1H3. The van der Waals surface area contributed by atoms with Gasteiger partial charge in [0, 0.05) is 10.7 Å². The van der Waals surface area contributed by atoms with Crippen LogP contribution in [0.2, 0.25) is 0 Å². The Morgan fingerprint density at radius 2 is 1.75 bits per heavy atom. The van der Waals surface area contributed by atoms with E-state index < -0.39 is 5.60 Å². The lowest BCUT2D eigenvalue weighted by Gasteiger charge is -2.20. The first-order valence-corrected chi connectivity index (χ1v) is 4.77. The van der Waals surface area contributed by atoms with Crippen molar-refractivity contribution in [3.05, 3.63) is 0 Å². The van der Waals surface area contributed by atoms with Gasteiger partial charge in [-0.15, -0.1) is 0 Å². The van der Waals surface area contributed by atoms with Gasteiger partial charge in [-0.05, 0) is 6.42 Å². The minimum Gasteiger partial charge on any atom is -0.388 e. The molecule has 0 amide bonds. The quantitative estimate of drug-likeness (QED) is 0.754. The number of rotatable bonds is 3. The fraction of sp³-hybridized carbons (Fsp3) is 1.00. The molecule has 1 N–H and O–H groups in total. The molecule has 0 rings (SSSR count). The molecule has 0 saturated heterocycles. The zero-order chi connectivity index (χ0) is 6.62. The predicted molar refractivity (Wildman–Crippen MR) is 42.8 cm³/mol. The van der Waals surface area contributed by atoms with Crippen molar-refractivity contribution in [3.8, 4) is 0 Å². The Morgan fingerprint density at radius 1 is 1.38 bits per heavy atom. The molecule has 50 valence electrons. The van der Waals surface area contributed by atoms with E-state index in [0.29, 0.717) is 10.7 Å². The predicted octanol–water partition coefficient (Wildman–Crippen LogP) is 1.92. The van der Waals surface area contributed by atoms with E-state index in [-0.39, 0.29) is 0 Å². The van der Waals surface area contributed by atoms with Crippen molar-refractivity contribution in [3.63, 3.8) is 0 Å². The maximum Gasteiger partial charge on any atom is 0.0837 e. The Labute approximate surface area is 66.7 Å². The van der Waals surface area contributed by atoms with Crippen LogP contribution in [0.15, 0.2) is 0 Å². The summed E-state index contributed by atoms with van der Waals surface area (Å²) in [7, 11) is 0. The molecular formula is C5H10Br2O. The van der Waals surface area contributed by atoms with Crippen LogP contribution in [-0.4, -0.2) is 21.4 Å². The van der Waals surface area contributed by atoms with E-state index in [9.17, 15) is 5.11 Å². The second kappa shape index (κ2) is 3.85. The lowest BCUT2D eigenvalue weighted by molar-refractivity contribution is 0.0893. The highest BCUT2D eigenvalue weighted by atomic mass is 79.9. The zero-order valence-electron chi connectivity index (χ0n) is 4.82. The molecule has 0 radical (unpaired) electrons. The molecule has 0 aromatic rings. The van der Waals surface area contributed by atoms with Gasteiger partial charge in [0.05, 0.1) is 5.60 Å². The summed E-state index contributed by atoms with van der Waals surface area (Å²) in [6.45, 7) is 1.96. The van der Waals surface area contributed by atoms with Crippen molar-refractivity contribution in [1.82, 2.24) is 0 Å². The van der Waals surface area contributed by atoms with E-state index >= 15 is 0 Å². The van der Waals surface area contributed by atoms with Crippen LogP contribution >= 0.6 is 31.9 Å². The van der Waals surface area contributed by atoms with Crippen molar-refractivity contribution in [2.24, 2.45) is 0 Å². The number of halogens is 2. The Bertz CT molecular complexity index is 53.2. The first kappa shape index (κ1) is 8.92. The van der Waals surface area contributed by atoms with Crippen molar-refractivity contribution in [2.45, 2.75) is 18.9 Å². The topological polar surface area (TPSA) is 20.2 Å². The summed E-state index contributed by atoms with van der Waals surface area (Å²) >= 11 is 6.42. The monoisotopic (exact) mass is 244 g/mol. The lowest BCUT2D eigenvalue weighted by Crippen LogP contribution is -2.31. The molecule has 0 fully saturated rings. The Balaban J connectivity index is 3.58. The molecule has 3 heteroatoms. The lowest BCUT2D eigenvalue weighted by atomic mass is 10.1. The van der Waals surface area contributed by atoms with Gasteiger partial charge in [0.2, 0.25) is 0 Å². The molecule has 1 nitrogen and oxygen atoms in total. The first-order valence-electron chi connectivity index (χ1n) is 2.53. The fourth-order valence-corrected chi connectivity index (χ4v) is 1.95. The SMILES string of the molecule is CCC(O)(CBr)CBr. The van der Waals surface area contributed by atoms with Gasteiger partial charge in [-0.25, -0.2) is 0 Å². The van der Waals surface area contributed by atoms with Crippen LogP contribution in [0, 0.1) is 0 Å². The first-order chi connectivity index (χ1) is 3.68. The molecule has 0 atom stereocenters. The largest absolute Gasteiger partial charge is 0.388 e. The number of hydrogen-bond acceptors (Lipinski definition) is 1. The van der Waals surface area contributed by atoms with Crippen LogP contribution in [0.3, 0.4) is 0 Å². The third-order valence-electron chi connectivity index (χ3n) is 1.16. The average Bonchev–Trinajstić information content (AvgIpc) is 1.87. The number of alkyl halides is 2. The third kappa shape index (κ3) is 2.46. The van der Waals surface area contributed by atoms with Gasteiger partial charge >= 0.3 is 0 Å². The molecule has 0 aliphatic rings. The van der Waals surface area contributed by atoms with Gasteiger partial charge in [-0.3, -0.25) is 0 Å². The highest BCUT2D eigenvalue weighted by molar-refractivity contribution is 9.09. The highest BCUT2D eigenvalue weighted by Gasteiger charge is 2.20. The molecular weight excluding hydrogens is 236 g/mol. The minimum absolute atomic E-state index is 0.542. The minimum atomic E-state index is -0.542. The molecule has 0 heterocycles. The summed E-state index contributed by atoms with van der Waals surface area (Å²) in [5.74, 6) is 0. The molecule has 0 bridgehead atoms. The smallest absolute Gasteiger partial charge is 0.0837 e. The Morgan fingerprint density at radius 3 is 1.75 bits per heavy atom. The zero-order valence-corrected chi connectivity index (χ0v) is 8.00. The number of hydrogen-bond donors (Lipinski definition) is 1. The van der Waals surface area contributed by atoms with Crippen LogP contribution in [-0.2, 0) is 0 Å². The van der Waals surface area contributed by atoms with E-state index in [4.69, 9.17) is 0 Å².